The Balaban J connectivity index is 1.96. The van der Waals surface area contributed by atoms with Crippen LogP contribution in [0.1, 0.15) is 5.56 Å². The third-order valence-corrected chi connectivity index (χ3v) is 3.56. The zero-order valence-corrected chi connectivity index (χ0v) is 11.4. The van der Waals surface area contributed by atoms with Crippen molar-refractivity contribution >= 4 is 26.8 Å². The average Bonchev–Trinajstić information content (AvgIpc) is 2.78. The summed E-state index contributed by atoms with van der Waals surface area (Å²) in [5.74, 6) is -1.67. The summed E-state index contributed by atoms with van der Waals surface area (Å²) in [6.07, 6.45) is 1.88. The van der Waals surface area contributed by atoms with Crippen LogP contribution in [0.5, 0.6) is 0 Å². The van der Waals surface area contributed by atoms with Crippen LogP contribution in [0.25, 0.3) is 10.9 Å². The van der Waals surface area contributed by atoms with E-state index in [1.807, 2.05) is 24.4 Å². The first-order valence-corrected chi connectivity index (χ1v) is 6.48. The normalized spacial score (nSPS) is 11.1. The summed E-state index contributed by atoms with van der Waals surface area (Å²) < 4.78 is 28.7. The fraction of sp³-hybridized carbons (Fsp3) is 0.0714. The summed E-state index contributed by atoms with van der Waals surface area (Å²) >= 11 is 3.45. The van der Waals surface area contributed by atoms with E-state index in [9.17, 15) is 8.78 Å². The highest BCUT2D eigenvalue weighted by molar-refractivity contribution is 9.10. The molecule has 0 aliphatic carbocycles. The lowest BCUT2D eigenvalue weighted by molar-refractivity contribution is 0.506. The maximum atomic E-state index is 13.1. The molecule has 0 N–H and O–H groups in total. The van der Waals surface area contributed by atoms with Gasteiger partial charge in [0.2, 0.25) is 0 Å². The maximum Gasteiger partial charge on any atom is 0.159 e. The van der Waals surface area contributed by atoms with Gasteiger partial charge in [-0.25, -0.2) is 8.78 Å². The van der Waals surface area contributed by atoms with Gasteiger partial charge in [-0.2, -0.15) is 5.10 Å². The van der Waals surface area contributed by atoms with Crippen LogP contribution in [0.3, 0.4) is 0 Å². The monoisotopic (exact) mass is 322 g/mol. The molecule has 0 saturated carbocycles. The van der Waals surface area contributed by atoms with E-state index in [2.05, 4.69) is 21.0 Å². The van der Waals surface area contributed by atoms with Crippen molar-refractivity contribution in [1.82, 2.24) is 9.78 Å². The molecule has 3 rings (SSSR count). The van der Waals surface area contributed by atoms with Crippen LogP contribution in [-0.4, -0.2) is 9.78 Å². The van der Waals surface area contributed by atoms with Gasteiger partial charge in [0, 0.05) is 16.1 Å². The number of fused-ring (bicyclic) bond motifs is 1. The van der Waals surface area contributed by atoms with Crippen LogP contribution in [-0.2, 0) is 6.54 Å². The van der Waals surface area contributed by atoms with Gasteiger partial charge in [0.05, 0.1) is 12.1 Å². The largest absolute Gasteiger partial charge is 0.267 e. The lowest BCUT2D eigenvalue weighted by Crippen LogP contribution is -2.00. The average molecular weight is 323 g/mol. The standard InChI is InChI=1S/C14H9BrF2N2/c15-11-2-1-3-14-10(11)8-19(18-14)7-9-4-5-12(16)13(17)6-9/h1-6,8H,7H2. The Hall–Kier alpha value is -1.75. The molecule has 3 aromatic rings. The zero-order valence-electron chi connectivity index (χ0n) is 9.78. The van der Waals surface area contributed by atoms with Crippen molar-refractivity contribution < 1.29 is 8.78 Å². The van der Waals surface area contributed by atoms with Crippen molar-refractivity contribution in [3.8, 4) is 0 Å². The number of nitrogens with zero attached hydrogens (tertiary/aromatic N) is 2. The van der Waals surface area contributed by atoms with Crippen LogP contribution in [0, 0.1) is 11.6 Å². The third kappa shape index (κ3) is 2.38. The fourth-order valence-electron chi connectivity index (χ4n) is 1.96. The maximum absolute atomic E-state index is 13.1. The van der Waals surface area contributed by atoms with Gasteiger partial charge in [-0.05, 0) is 29.8 Å². The number of halogens is 3. The third-order valence-electron chi connectivity index (χ3n) is 2.87. The molecular formula is C14H9BrF2N2. The van der Waals surface area contributed by atoms with E-state index in [1.54, 1.807) is 10.7 Å². The van der Waals surface area contributed by atoms with E-state index < -0.39 is 11.6 Å². The van der Waals surface area contributed by atoms with E-state index in [-0.39, 0.29) is 0 Å². The summed E-state index contributed by atoms with van der Waals surface area (Å²) in [6.45, 7) is 0.401. The first-order chi connectivity index (χ1) is 9.13. The first kappa shape index (κ1) is 12.3. The molecule has 0 aliphatic heterocycles. The Kier molecular flexibility index (Phi) is 3.06. The highest BCUT2D eigenvalue weighted by atomic mass is 79.9. The van der Waals surface area contributed by atoms with Crippen LogP contribution < -0.4 is 0 Å². The highest BCUT2D eigenvalue weighted by Gasteiger charge is 2.06. The van der Waals surface area contributed by atoms with E-state index in [1.165, 1.54) is 6.07 Å². The van der Waals surface area contributed by atoms with Crippen LogP contribution in [0.4, 0.5) is 8.78 Å². The van der Waals surface area contributed by atoms with Crippen LogP contribution in [0.2, 0.25) is 0 Å². The minimum Gasteiger partial charge on any atom is -0.267 e. The lowest BCUT2D eigenvalue weighted by atomic mass is 10.2. The topological polar surface area (TPSA) is 17.8 Å². The highest BCUT2D eigenvalue weighted by Crippen LogP contribution is 2.23. The second-order valence-corrected chi connectivity index (χ2v) is 5.10. The van der Waals surface area contributed by atoms with Gasteiger partial charge < -0.3 is 0 Å². The molecule has 19 heavy (non-hydrogen) atoms. The van der Waals surface area contributed by atoms with Gasteiger partial charge >= 0.3 is 0 Å². The molecule has 0 saturated heterocycles. The van der Waals surface area contributed by atoms with Crippen molar-refractivity contribution in [2.75, 3.05) is 0 Å². The van der Waals surface area contributed by atoms with Gasteiger partial charge in [0.15, 0.2) is 11.6 Å². The molecule has 0 unspecified atom stereocenters. The summed E-state index contributed by atoms with van der Waals surface area (Å²) in [5, 5.41) is 5.38. The molecule has 0 aliphatic rings. The summed E-state index contributed by atoms with van der Waals surface area (Å²) in [4.78, 5) is 0. The molecule has 1 heterocycles. The number of rotatable bonds is 2. The summed E-state index contributed by atoms with van der Waals surface area (Å²) in [6, 6.07) is 9.62. The van der Waals surface area contributed by atoms with Crippen molar-refractivity contribution in [2.24, 2.45) is 0 Å². The number of hydrogen-bond acceptors (Lipinski definition) is 1. The molecule has 0 fully saturated rings. The van der Waals surface area contributed by atoms with E-state index in [4.69, 9.17) is 0 Å². The molecule has 0 atom stereocenters. The van der Waals surface area contributed by atoms with Crippen molar-refractivity contribution in [3.63, 3.8) is 0 Å². The summed E-state index contributed by atoms with van der Waals surface area (Å²) in [5.41, 5.74) is 1.53. The predicted octanol–water partition coefficient (Wildman–Crippen LogP) is 4.13. The smallest absolute Gasteiger partial charge is 0.159 e. The molecule has 0 bridgehead atoms. The van der Waals surface area contributed by atoms with Gasteiger partial charge in [0.25, 0.3) is 0 Å². The molecule has 5 heteroatoms. The Labute approximate surface area is 116 Å². The summed E-state index contributed by atoms with van der Waals surface area (Å²) in [7, 11) is 0. The van der Waals surface area contributed by atoms with E-state index >= 15 is 0 Å². The minimum atomic E-state index is -0.838. The van der Waals surface area contributed by atoms with Gasteiger partial charge in [0.1, 0.15) is 0 Å². The number of benzene rings is 2. The molecule has 1 aromatic heterocycles. The Morgan fingerprint density at radius 3 is 2.68 bits per heavy atom. The first-order valence-electron chi connectivity index (χ1n) is 5.69. The van der Waals surface area contributed by atoms with Crippen molar-refractivity contribution in [2.45, 2.75) is 6.54 Å². The number of aromatic nitrogens is 2. The van der Waals surface area contributed by atoms with Crippen LogP contribution in [0.15, 0.2) is 47.1 Å². The van der Waals surface area contributed by atoms with Crippen molar-refractivity contribution in [1.29, 1.82) is 0 Å². The molecule has 2 nitrogen and oxygen atoms in total. The molecule has 96 valence electrons. The van der Waals surface area contributed by atoms with Gasteiger partial charge in [-0.3, -0.25) is 4.68 Å². The molecular weight excluding hydrogens is 314 g/mol. The lowest BCUT2D eigenvalue weighted by Gasteiger charge is -2.02. The zero-order chi connectivity index (χ0) is 13.4. The quantitative estimate of drug-likeness (QED) is 0.693. The molecule has 2 aromatic carbocycles. The van der Waals surface area contributed by atoms with E-state index in [0.29, 0.717) is 12.1 Å². The molecule has 0 spiro atoms. The van der Waals surface area contributed by atoms with Gasteiger partial charge in [-0.15, -0.1) is 0 Å². The Morgan fingerprint density at radius 1 is 1.11 bits per heavy atom. The second kappa shape index (κ2) is 4.74. The predicted molar refractivity (Wildman–Crippen MR) is 72.9 cm³/mol. The minimum absolute atomic E-state index is 0.401. The van der Waals surface area contributed by atoms with Gasteiger partial charge in [-0.1, -0.05) is 28.1 Å². The second-order valence-electron chi connectivity index (χ2n) is 4.25. The fourth-order valence-corrected chi connectivity index (χ4v) is 2.42. The Morgan fingerprint density at radius 2 is 1.95 bits per heavy atom. The van der Waals surface area contributed by atoms with Crippen LogP contribution >= 0.6 is 15.9 Å². The van der Waals surface area contributed by atoms with Crippen molar-refractivity contribution in [3.05, 3.63) is 64.3 Å². The molecule has 0 amide bonds. The SMILES string of the molecule is Fc1ccc(Cn2cc3c(Br)cccc3n2)cc1F. The van der Waals surface area contributed by atoms with E-state index in [0.717, 1.165) is 21.4 Å². The molecule has 0 radical (unpaired) electrons. The Bertz CT molecular complexity index is 752. The number of hydrogen-bond donors (Lipinski definition) is 0.